The number of fused-ring (bicyclic) bond motifs is 2. The lowest BCUT2D eigenvalue weighted by atomic mass is 9.70. The number of sulfonamides is 1. The molecule has 0 saturated heterocycles. The van der Waals surface area contributed by atoms with Gasteiger partial charge in [-0.25, -0.2) is 17.5 Å². The molecule has 1 aromatic heterocycles. The lowest BCUT2D eigenvalue weighted by Crippen LogP contribution is -2.45. The molecule has 5 rings (SSSR count). The molecule has 7 nitrogen and oxygen atoms in total. The molecule has 0 radical (unpaired) electrons. The Morgan fingerprint density at radius 2 is 1.83 bits per heavy atom. The number of hydrogen-bond donors (Lipinski definition) is 1. The Hall–Kier alpha value is -1.78. The zero-order valence-corrected chi connectivity index (χ0v) is 22.6. The number of rotatable bonds is 9. The predicted molar refractivity (Wildman–Crippen MR) is 138 cm³/mol. The fourth-order valence-corrected chi connectivity index (χ4v) is 9.50. The van der Waals surface area contributed by atoms with Gasteiger partial charge in [0.2, 0.25) is 10.0 Å². The van der Waals surface area contributed by atoms with E-state index in [2.05, 4.69) is 14.9 Å². The van der Waals surface area contributed by atoms with Crippen molar-refractivity contribution in [3.05, 3.63) is 35.9 Å². The molecule has 3 aliphatic rings. The van der Waals surface area contributed by atoms with Crippen LogP contribution in [-0.2, 0) is 21.4 Å². The van der Waals surface area contributed by atoms with Crippen LogP contribution in [0.4, 0.5) is 4.39 Å². The van der Waals surface area contributed by atoms with Crippen molar-refractivity contribution in [2.24, 2.45) is 22.7 Å². The summed E-state index contributed by atoms with van der Waals surface area (Å²) in [6.07, 6.45) is 8.22. The number of nitrogens with one attached hydrogen (secondary N) is 1. The second kappa shape index (κ2) is 9.83. The van der Waals surface area contributed by atoms with Crippen molar-refractivity contribution in [2.75, 3.05) is 11.5 Å². The van der Waals surface area contributed by atoms with Gasteiger partial charge in [-0.3, -0.25) is 9.36 Å². The molecule has 0 unspecified atom stereocenters. The monoisotopic (exact) mass is 534 g/mol. The van der Waals surface area contributed by atoms with Crippen LogP contribution in [0, 0.1) is 28.5 Å². The number of nitrogens with zero attached hydrogens (tertiary/aromatic N) is 3. The van der Waals surface area contributed by atoms with Crippen LogP contribution >= 0.6 is 11.8 Å². The first kappa shape index (κ1) is 25.9. The molecule has 1 heterocycles. The van der Waals surface area contributed by atoms with Gasteiger partial charge in [0.05, 0.1) is 12.3 Å². The molecule has 2 atom stereocenters. The Kier molecular flexibility index (Phi) is 7.06. The van der Waals surface area contributed by atoms with E-state index in [0.29, 0.717) is 35.4 Å². The second-order valence-electron chi connectivity index (χ2n) is 11.3. The van der Waals surface area contributed by atoms with Gasteiger partial charge < -0.3 is 0 Å². The van der Waals surface area contributed by atoms with Crippen molar-refractivity contribution in [1.82, 2.24) is 19.5 Å². The van der Waals surface area contributed by atoms with Crippen LogP contribution < -0.4 is 4.72 Å². The van der Waals surface area contributed by atoms with Gasteiger partial charge in [0.25, 0.3) is 0 Å². The van der Waals surface area contributed by atoms with Gasteiger partial charge in [0, 0.05) is 23.3 Å². The molecule has 0 aliphatic heterocycles. The third-order valence-electron chi connectivity index (χ3n) is 8.98. The van der Waals surface area contributed by atoms with Crippen LogP contribution in [0.25, 0.3) is 5.69 Å². The van der Waals surface area contributed by atoms with Crippen molar-refractivity contribution in [3.63, 3.8) is 0 Å². The number of aromatic nitrogens is 3. The molecule has 1 aromatic carbocycles. The van der Waals surface area contributed by atoms with E-state index in [-0.39, 0.29) is 35.2 Å². The molecule has 3 aliphatic carbocycles. The summed E-state index contributed by atoms with van der Waals surface area (Å²) in [4.78, 5) is 12.8. The number of carbonyl (C=O) groups excluding carboxylic acids is 1. The number of carbonyl (C=O) groups is 1. The number of hydrogen-bond acceptors (Lipinski definition) is 6. The summed E-state index contributed by atoms with van der Waals surface area (Å²) in [5.74, 6) is 1.78. The van der Waals surface area contributed by atoms with Crippen LogP contribution in [-0.4, -0.2) is 40.5 Å². The predicted octanol–water partition coefficient (Wildman–Crippen LogP) is 4.89. The number of ketones is 1. The summed E-state index contributed by atoms with van der Waals surface area (Å²) in [6.45, 7) is 4.02. The van der Waals surface area contributed by atoms with E-state index in [0.717, 1.165) is 12.2 Å². The Morgan fingerprint density at radius 3 is 2.47 bits per heavy atom. The lowest BCUT2D eigenvalue weighted by Gasteiger charge is -2.36. The molecule has 2 bridgehead atoms. The van der Waals surface area contributed by atoms with Gasteiger partial charge in [-0.05, 0) is 67.2 Å². The fourth-order valence-electron chi connectivity index (χ4n) is 6.56. The first-order valence-corrected chi connectivity index (χ1v) is 15.6. The zero-order valence-electron chi connectivity index (χ0n) is 21.0. The van der Waals surface area contributed by atoms with Crippen LogP contribution in [0.1, 0.15) is 71.0 Å². The summed E-state index contributed by atoms with van der Waals surface area (Å²) in [7, 11) is -3.76. The van der Waals surface area contributed by atoms with Crippen molar-refractivity contribution in [1.29, 1.82) is 0 Å². The number of Topliss-reactive ketones (excluding diaryl/α,β-unsaturated/α-hetero) is 1. The van der Waals surface area contributed by atoms with Gasteiger partial charge in [-0.2, -0.15) is 0 Å². The maximum atomic E-state index is 13.6. The van der Waals surface area contributed by atoms with E-state index in [1.165, 1.54) is 44.2 Å². The molecular weight excluding hydrogens is 499 g/mol. The fraction of sp³-hybridized carbons (Fsp3) is 0.654. The Bertz CT molecular complexity index is 1220. The quantitative estimate of drug-likeness (QED) is 0.460. The third-order valence-corrected chi connectivity index (χ3v) is 11.6. The molecule has 3 saturated carbocycles. The summed E-state index contributed by atoms with van der Waals surface area (Å²) in [5.41, 5.74) is -0.462. The smallest absolute Gasteiger partial charge is 0.213 e. The molecular formula is C26H35FN4O3S2. The zero-order chi connectivity index (χ0) is 25.6. The number of halogens is 1. The molecule has 2 aromatic rings. The SMILES string of the molecule is CC1(C)[C@@H]2CC[C@@]1(CS(=O)(=O)NCc1nnc(SCC3CCCCC3)n1-c1ccc(F)cc1)C(=O)C2. The summed E-state index contributed by atoms with van der Waals surface area (Å²) in [6, 6.07) is 6.06. The molecule has 0 spiro atoms. The van der Waals surface area contributed by atoms with Crippen LogP contribution in [0.15, 0.2) is 29.4 Å². The van der Waals surface area contributed by atoms with E-state index in [9.17, 15) is 17.6 Å². The highest BCUT2D eigenvalue weighted by Gasteiger charge is 2.65. The highest BCUT2D eigenvalue weighted by atomic mass is 32.2. The van der Waals surface area contributed by atoms with E-state index in [1.807, 2.05) is 18.4 Å². The molecule has 196 valence electrons. The second-order valence-corrected chi connectivity index (χ2v) is 14.1. The Morgan fingerprint density at radius 1 is 1.11 bits per heavy atom. The first-order chi connectivity index (χ1) is 17.1. The van der Waals surface area contributed by atoms with Crippen LogP contribution in [0.3, 0.4) is 0 Å². The van der Waals surface area contributed by atoms with E-state index < -0.39 is 15.4 Å². The largest absolute Gasteiger partial charge is 0.299 e. The number of benzene rings is 1. The Labute approximate surface area is 217 Å². The van der Waals surface area contributed by atoms with Gasteiger partial charge in [0.1, 0.15) is 11.6 Å². The minimum atomic E-state index is -3.76. The highest BCUT2D eigenvalue weighted by Crippen LogP contribution is 2.64. The van der Waals surface area contributed by atoms with E-state index >= 15 is 0 Å². The minimum absolute atomic E-state index is 0.0508. The molecule has 10 heteroatoms. The van der Waals surface area contributed by atoms with E-state index in [1.54, 1.807) is 23.9 Å². The summed E-state index contributed by atoms with van der Waals surface area (Å²) in [5, 5.41) is 9.35. The van der Waals surface area contributed by atoms with E-state index in [4.69, 9.17) is 0 Å². The van der Waals surface area contributed by atoms with Crippen LogP contribution in [0.5, 0.6) is 0 Å². The molecule has 36 heavy (non-hydrogen) atoms. The third kappa shape index (κ3) is 4.76. The van der Waals surface area contributed by atoms with Crippen molar-refractivity contribution in [2.45, 2.75) is 76.9 Å². The maximum Gasteiger partial charge on any atom is 0.213 e. The normalized spacial score (nSPS) is 26.1. The van der Waals surface area contributed by atoms with Crippen molar-refractivity contribution < 1.29 is 17.6 Å². The first-order valence-electron chi connectivity index (χ1n) is 12.9. The standard InChI is InChI=1S/C26H35FN4O3S2/c1-25(2)19-12-13-26(25,22(32)14-19)17-36(33,34)28-15-23-29-30-24(35-16-18-6-4-3-5-7-18)31(23)21-10-8-20(27)9-11-21/h8-11,18-19,28H,3-7,12-17H2,1-2H3/t19-,26-/m1/s1. The molecule has 1 N–H and O–H groups in total. The van der Waals surface area contributed by atoms with Gasteiger partial charge in [-0.1, -0.05) is 44.9 Å². The lowest BCUT2D eigenvalue weighted by molar-refractivity contribution is -0.128. The molecule has 3 fully saturated rings. The van der Waals surface area contributed by atoms with Gasteiger partial charge >= 0.3 is 0 Å². The molecule has 0 amide bonds. The van der Waals surface area contributed by atoms with Crippen LogP contribution in [0.2, 0.25) is 0 Å². The van der Waals surface area contributed by atoms with Gasteiger partial charge in [-0.15, -0.1) is 10.2 Å². The maximum absolute atomic E-state index is 13.6. The summed E-state index contributed by atoms with van der Waals surface area (Å²) < 4.78 is 44.6. The van der Waals surface area contributed by atoms with Gasteiger partial charge in [0.15, 0.2) is 11.0 Å². The highest BCUT2D eigenvalue weighted by molar-refractivity contribution is 7.99. The minimum Gasteiger partial charge on any atom is -0.299 e. The summed E-state index contributed by atoms with van der Waals surface area (Å²) >= 11 is 1.62. The number of thioether (sulfide) groups is 1. The Balaban J connectivity index is 1.34. The topological polar surface area (TPSA) is 93.9 Å². The average molecular weight is 535 g/mol. The van der Waals surface area contributed by atoms with Crippen molar-refractivity contribution in [3.8, 4) is 5.69 Å². The average Bonchev–Trinajstić information content (AvgIpc) is 3.42. The van der Waals surface area contributed by atoms with Crippen molar-refractivity contribution >= 4 is 27.6 Å².